The average Bonchev–Trinajstić information content (AvgIpc) is 2.46. The molecule has 2 rings (SSSR count). The molecule has 0 aromatic heterocycles. The molecule has 2 aromatic carbocycles. The normalized spacial score (nSPS) is 10.0. The summed E-state index contributed by atoms with van der Waals surface area (Å²) in [4.78, 5) is 23.1. The molecule has 4 nitrogen and oxygen atoms in total. The maximum atomic E-state index is 13.4. The third kappa shape index (κ3) is 4.14. The van der Waals surface area contributed by atoms with E-state index in [-0.39, 0.29) is 23.9 Å². The lowest BCUT2D eigenvalue weighted by molar-refractivity contribution is -0.114. The van der Waals surface area contributed by atoms with Crippen LogP contribution >= 0.6 is 0 Å². The van der Waals surface area contributed by atoms with Crippen LogP contribution in [0.4, 0.5) is 15.8 Å². The Bertz CT molecular complexity index is 671. The average molecular weight is 286 g/mol. The molecule has 0 spiro atoms. The van der Waals surface area contributed by atoms with Gasteiger partial charge in [-0.25, -0.2) is 4.39 Å². The van der Waals surface area contributed by atoms with Gasteiger partial charge in [-0.3, -0.25) is 9.59 Å². The number of rotatable bonds is 5. The van der Waals surface area contributed by atoms with Crippen LogP contribution in [0.5, 0.6) is 0 Å². The van der Waals surface area contributed by atoms with Crippen LogP contribution < -0.4 is 10.6 Å². The van der Waals surface area contributed by atoms with Crippen molar-refractivity contribution < 1.29 is 14.0 Å². The predicted molar refractivity (Wildman–Crippen MR) is 80.0 cm³/mol. The van der Waals surface area contributed by atoms with Crippen molar-refractivity contribution in [3.8, 4) is 0 Å². The van der Waals surface area contributed by atoms with Crippen LogP contribution in [0.25, 0.3) is 0 Å². The first-order valence-corrected chi connectivity index (χ1v) is 6.45. The SMILES string of the molecule is CC(=O)c1cccc(NC(=O)CNc2ccccc2F)c1. The van der Waals surface area contributed by atoms with Gasteiger partial charge in [-0.15, -0.1) is 0 Å². The summed E-state index contributed by atoms with van der Waals surface area (Å²) < 4.78 is 13.4. The fourth-order valence-corrected chi connectivity index (χ4v) is 1.80. The standard InChI is InChI=1S/C16H15FN2O2/c1-11(20)12-5-4-6-13(9-12)19-16(21)10-18-15-8-3-2-7-14(15)17/h2-9,18H,10H2,1H3,(H,19,21). The third-order valence-corrected chi connectivity index (χ3v) is 2.87. The lowest BCUT2D eigenvalue weighted by atomic mass is 10.1. The Labute approximate surface area is 122 Å². The van der Waals surface area contributed by atoms with Crippen molar-refractivity contribution in [2.75, 3.05) is 17.2 Å². The highest BCUT2D eigenvalue weighted by atomic mass is 19.1. The fourth-order valence-electron chi connectivity index (χ4n) is 1.80. The molecular formula is C16H15FN2O2. The number of ketones is 1. The van der Waals surface area contributed by atoms with E-state index in [4.69, 9.17) is 0 Å². The number of amides is 1. The van der Waals surface area contributed by atoms with Gasteiger partial charge >= 0.3 is 0 Å². The van der Waals surface area contributed by atoms with E-state index in [1.807, 2.05) is 0 Å². The number of benzene rings is 2. The van der Waals surface area contributed by atoms with Crippen molar-refractivity contribution in [3.63, 3.8) is 0 Å². The molecule has 1 amide bonds. The Morgan fingerprint density at radius 2 is 1.86 bits per heavy atom. The van der Waals surface area contributed by atoms with E-state index in [0.717, 1.165) is 0 Å². The molecule has 2 aromatic rings. The molecule has 0 bridgehead atoms. The minimum Gasteiger partial charge on any atom is -0.374 e. The number of para-hydroxylation sites is 1. The first-order chi connectivity index (χ1) is 10.1. The van der Waals surface area contributed by atoms with E-state index in [9.17, 15) is 14.0 Å². The van der Waals surface area contributed by atoms with Crippen molar-refractivity contribution in [2.24, 2.45) is 0 Å². The zero-order valence-electron chi connectivity index (χ0n) is 11.5. The van der Waals surface area contributed by atoms with E-state index in [1.165, 1.54) is 13.0 Å². The minimum absolute atomic E-state index is 0.0643. The molecule has 0 saturated heterocycles. The molecule has 2 N–H and O–H groups in total. The molecule has 0 aliphatic carbocycles. The lowest BCUT2D eigenvalue weighted by Crippen LogP contribution is -2.22. The summed E-state index contributed by atoms with van der Waals surface area (Å²) in [6.07, 6.45) is 0. The van der Waals surface area contributed by atoms with Crippen LogP contribution in [-0.4, -0.2) is 18.2 Å². The minimum atomic E-state index is -0.413. The highest BCUT2D eigenvalue weighted by molar-refractivity contribution is 5.98. The number of hydrogen-bond acceptors (Lipinski definition) is 3. The number of anilines is 2. The highest BCUT2D eigenvalue weighted by Crippen LogP contribution is 2.13. The van der Waals surface area contributed by atoms with Gasteiger partial charge in [-0.2, -0.15) is 0 Å². The highest BCUT2D eigenvalue weighted by Gasteiger charge is 2.06. The summed E-state index contributed by atoms with van der Waals surface area (Å²) in [6.45, 7) is 1.39. The molecule has 0 heterocycles. The van der Waals surface area contributed by atoms with Gasteiger partial charge in [-0.1, -0.05) is 24.3 Å². The Morgan fingerprint density at radius 1 is 1.10 bits per heavy atom. The largest absolute Gasteiger partial charge is 0.374 e. The maximum absolute atomic E-state index is 13.4. The van der Waals surface area contributed by atoms with Crippen LogP contribution in [0.2, 0.25) is 0 Å². The second-order valence-electron chi connectivity index (χ2n) is 4.52. The third-order valence-electron chi connectivity index (χ3n) is 2.87. The number of Topliss-reactive ketones (excluding diaryl/α,β-unsaturated/α-hetero) is 1. The van der Waals surface area contributed by atoms with E-state index in [1.54, 1.807) is 42.5 Å². The summed E-state index contributed by atoms with van der Waals surface area (Å²) in [6, 6.07) is 12.8. The first kappa shape index (κ1) is 14.7. The van der Waals surface area contributed by atoms with E-state index < -0.39 is 5.82 Å². The van der Waals surface area contributed by atoms with Crippen LogP contribution in [0.15, 0.2) is 48.5 Å². The smallest absolute Gasteiger partial charge is 0.243 e. The molecule has 0 aliphatic rings. The number of hydrogen-bond donors (Lipinski definition) is 2. The van der Waals surface area contributed by atoms with Gasteiger partial charge in [0.15, 0.2) is 5.78 Å². The van der Waals surface area contributed by atoms with E-state index in [0.29, 0.717) is 11.3 Å². The molecule has 0 radical (unpaired) electrons. The van der Waals surface area contributed by atoms with Crippen LogP contribution in [0.3, 0.4) is 0 Å². The molecule has 0 saturated carbocycles. The van der Waals surface area contributed by atoms with Crippen molar-refractivity contribution in [1.82, 2.24) is 0 Å². The summed E-state index contributed by atoms with van der Waals surface area (Å²) in [5, 5.41) is 5.37. The van der Waals surface area contributed by atoms with Crippen molar-refractivity contribution in [3.05, 3.63) is 59.9 Å². The Balaban J connectivity index is 1.95. The molecule has 5 heteroatoms. The number of carbonyl (C=O) groups is 2. The molecular weight excluding hydrogens is 271 g/mol. The predicted octanol–water partition coefficient (Wildman–Crippen LogP) is 3.08. The van der Waals surface area contributed by atoms with Gasteiger partial charge in [0.2, 0.25) is 5.91 Å². The molecule has 21 heavy (non-hydrogen) atoms. The number of nitrogens with one attached hydrogen (secondary N) is 2. The Kier molecular flexibility index (Phi) is 4.66. The topological polar surface area (TPSA) is 58.2 Å². The monoisotopic (exact) mass is 286 g/mol. The van der Waals surface area contributed by atoms with Crippen LogP contribution in [0.1, 0.15) is 17.3 Å². The number of carbonyl (C=O) groups excluding carboxylic acids is 2. The molecule has 0 unspecified atom stereocenters. The fraction of sp³-hybridized carbons (Fsp3) is 0.125. The molecule has 0 fully saturated rings. The summed E-state index contributed by atoms with van der Waals surface area (Å²) >= 11 is 0. The summed E-state index contributed by atoms with van der Waals surface area (Å²) in [5.41, 5.74) is 1.32. The van der Waals surface area contributed by atoms with Gasteiger partial charge in [-0.05, 0) is 31.2 Å². The zero-order valence-corrected chi connectivity index (χ0v) is 11.5. The summed E-state index contributed by atoms with van der Waals surface area (Å²) in [5.74, 6) is -0.807. The zero-order chi connectivity index (χ0) is 15.2. The molecule has 0 atom stereocenters. The molecule has 108 valence electrons. The number of halogens is 1. The second kappa shape index (κ2) is 6.65. The van der Waals surface area contributed by atoms with E-state index in [2.05, 4.69) is 10.6 Å². The van der Waals surface area contributed by atoms with Crippen LogP contribution in [0, 0.1) is 5.82 Å². The Morgan fingerprint density at radius 3 is 2.57 bits per heavy atom. The summed E-state index contributed by atoms with van der Waals surface area (Å²) in [7, 11) is 0. The quantitative estimate of drug-likeness (QED) is 0.830. The van der Waals surface area contributed by atoms with Crippen molar-refractivity contribution in [1.29, 1.82) is 0 Å². The first-order valence-electron chi connectivity index (χ1n) is 6.45. The van der Waals surface area contributed by atoms with Crippen molar-refractivity contribution in [2.45, 2.75) is 6.92 Å². The Hall–Kier alpha value is -2.69. The van der Waals surface area contributed by atoms with Crippen molar-refractivity contribution >= 4 is 23.1 Å². The molecule has 0 aliphatic heterocycles. The van der Waals surface area contributed by atoms with Gasteiger partial charge in [0.1, 0.15) is 5.82 Å². The van der Waals surface area contributed by atoms with Gasteiger partial charge in [0.05, 0.1) is 12.2 Å². The van der Waals surface area contributed by atoms with Gasteiger partial charge in [0.25, 0.3) is 0 Å². The van der Waals surface area contributed by atoms with E-state index >= 15 is 0 Å². The second-order valence-corrected chi connectivity index (χ2v) is 4.52. The lowest BCUT2D eigenvalue weighted by Gasteiger charge is -2.09. The van der Waals surface area contributed by atoms with Gasteiger partial charge < -0.3 is 10.6 Å². The van der Waals surface area contributed by atoms with Gasteiger partial charge in [0, 0.05) is 11.3 Å². The maximum Gasteiger partial charge on any atom is 0.243 e. The van der Waals surface area contributed by atoms with Crippen LogP contribution in [-0.2, 0) is 4.79 Å².